The summed E-state index contributed by atoms with van der Waals surface area (Å²) in [7, 11) is 0. The molecule has 0 spiro atoms. The van der Waals surface area contributed by atoms with Gasteiger partial charge in [0.05, 0.1) is 13.2 Å². The van der Waals surface area contributed by atoms with Crippen molar-refractivity contribution < 1.29 is 9.53 Å². The lowest BCUT2D eigenvalue weighted by Crippen LogP contribution is -2.41. The molecule has 6 nitrogen and oxygen atoms in total. The molecule has 1 fully saturated rings. The number of hydrogen-bond donors (Lipinski definition) is 1. The van der Waals surface area contributed by atoms with E-state index in [0.717, 1.165) is 5.56 Å². The van der Waals surface area contributed by atoms with Gasteiger partial charge in [0.15, 0.2) is 0 Å². The first-order valence-corrected chi connectivity index (χ1v) is 8.77. The monoisotopic (exact) mass is 380 g/mol. The first-order valence-electron chi connectivity index (χ1n) is 8.01. The van der Waals surface area contributed by atoms with Gasteiger partial charge in [0.25, 0.3) is 5.91 Å². The lowest BCUT2D eigenvalue weighted by atomic mass is 10.1. The average molecular weight is 381 g/mol. The zero-order chi connectivity index (χ0) is 17.6. The molecule has 0 aliphatic carbocycles. The molecule has 1 amide bonds. The standard InChI is InChI=1S/C17H18Cl2N4O2/c18-13-2-1-12(14(19)11-13)3-5-20-17-21-6-4-15(22-17)16(24)23-7-9-25-10-8-23/h1-2,4,6,11H,3,5,7-10H2,(H,20,21,22). The summed E-state index contributed by atoms with van der Waals surface area (Å²) in [6.45, 7) is 2.88. The Labute approximate surface area is 156 Å². The van der Waals surface area contributed by atoms with Crippen molar-refractivity contribution in [2.75, 3.05) is 38.2 Å². The zero-order valence-corrected chi connectivity index (χ0v) is 15.1. The van der Waals surface area contributed by atoms with Crippen molar-refractivity contribution in [3.05, 3.63) is 51.8 Å². The quantitative estimate of drug-likeness (QED) is 0.863. The number of nitrogens with one attached hydrogen (secondary N) is 1. The highest BCUT2D eigenvalue weighted by molar-refractivity contribution is 6.35. The molecule has 0 unspecified atom stereocenters. The molecule has 1 aromatic carbocycles. The topological polar surface area (TPSA) is 67.4 Å². The predicted octanol–water partition coefficient (Wildman–Crippen LogP) is 2.91. The van der Waals surface area contributed by atoms with Crippen LogP contribution < -0.4 is 5.32 Å². The number of morpholine rings is 1. The van der Waals surface area contributed by atoms with Crippen LogP contribution in [0.15, 0.2) is 30.5 Å². The van der Waals surface area contributed by atoms with Crippen molar-refractivity contribution in [2.45, 2.75) is 6.42 Å². The van der Waals surface area contributed by atoms with Crippen LogP contribution in [0.2, 0.25) is 10.0 Å². The van der Waals surface area contributed by atoms with Crippen molar-refractivity contribution in [3.63, 3.8) is 0 Å². The maximum Gasteiger partial charge on any atom is 0.272 e. The number of rotatable bonds is 5. The number of aromatic nitrogens is 2. The molecule has 25 heavy (non-hydrogen) atoms. The highest BCUT2D eigenvalue weighted by Gasteiger charge is 2.19. The number of amides is 1. The summed E-state index contributed by atoms with van der Waals surface area (Å²) in [5.74, 6) is 0.318. The molecular formula is C17H18Cl2N4O2. The minimum absolute atomic E-state index is 0.102. The van der Waals surface area contributed by atoms with E-state index in [1.807, 2.05) is 6.07 Å². The fourth-order valence-corrected chi connectivity index (χ4v) is 3.03. The molecule has 1 aliphatic heterocycles. The van der Waals surface area contributed by atoms with Crippen LogP contribution in [0.4, 0.5) is 5.95 Å². The molecule has 0 radical (unpaired) electrons. The Balaban J connectivity index is 1.58. The molecule has 3 rings (SSSR count). The van der Waals surface area contributed by atoms with Crippen LogP contribution in [0.3, 0.4) is 0 Å². The summed E-state index contributed by atoms with van der Waals surface area (Å²) in [5, 5.41) is 4.37. The molecule has 0 bridgehead atoms. The second-order valence-corrected chi connectivity index (χ2v) is 6.43. The molecular weight excluding hydrogens is 363 g/mol. The highest BCUT2D eigenvalue weighted by atomic mass is 35.5. The van der Waals surface area contributed by atoms with Gasteiger partial charge in [-0.25, -0.2) is 9.97 Å². The van der Waals surface area contributed by atoms with E-state index in [2.05, 4.69) is 15.3 Å². The molecule has 1 N–H and O–H groups in total. The predicted molar refractivity (Wildman–Crippen MR) is 97.4 cm³/mol. The Morgan fingerprint density at radius 1 is 1.24 bits per heavy atom. The summed E-state index contributed by atoms with van der Waals surface area (Å²) < 4.78 is 5.26. The van der Waals surface area contributed by atoms with Gasteiger partial charge in [0, 0.05) is 35.9 Å². The van der Waals surface area contributed by atoms with Gasteiger partial charge in [-0.05, 0) is 30.2 Å². The molecule has 1 aliphatic rings. The van der Waals surface area contributed by atoms with E-state index in [9.17, 15) is 4.79 Å². The van der Waals surface area contributed by atoms with E-state index in [4.69, 9.17) is 27.9 Å². The first kappa shape index (κ1) is 17.9. The van der Waals surface area contributed by atoms with Gasteiger partial charge in [0.2, 0.25) is 5.95 Å². The maximum atomic E-state index is 12.4. The maximum absolute atomic E-state index is 12.4. The number of carbonyl (C=O) groups excluding carboxylic acids is 1. The Kier molecular flexibility index (Phi) is 6.07. The van der Waals surface area contributed by atoms with E-state index in [1.54, 1.807) is 29.3 Å². The van der Waals surface area contributed by atoms with Crippen molar-refractivity contribution in [3.8, 4) is 0 Å². The molecule has 0 atom stereocenters. The molecule has 2 heterocycles. The normalized spacial score (nSPS) is 14.4. The van der Waals surface area contributed by atoms with E-state index >= 15 is 0 Å². The van der Waals surface area contributed by atoms with Crippen LogP contribution in [0.1, 0.15) is 16.1 Å². The fourth-order valence-electron chi connectivity index (χ4n) is 2.52. The van der Waals surface area contributed by atoms with Gasteiger partial charge in [-0.15, -0.1) is 0 Å². The lowest BCUT2D eigenvalue weighted by Gasteiger charge is -2.26. The van der Waals surface area contributed by atoms with Gasteiger partial charge in [-0.2, -0.15) is 0 Å². The van der Waals surface area contributed by atoms with Gasteiger partial charge < -0.3 is 15.0 Å². The van der Waals surface area contributed by atoms with Gasteiger partial charge in [0.1, 0.15) is 5.69 Å². The Morgan fingerprint density at radius 2 is 2.04 bits per heavy atom. The van der Waals surface area contributed by atoms with Crippen LogP contribution in [0, 0.1) is 0 Å². The van der Waals surface area contributed by atoms with E-state index < -0.39 is 0 Å². The van der Waals surface area contributed by atoms with Crippen LogP contribution >= 0.6 is 23.2 Å². The van der Waals surface area contributed by atoms with Crippen molar-refractivity contribution in [1.82, 2.24) is 14.9 Å². The molecule has 8 heteroatoms. The fraction of sp³-hybridized carbons (Fsp3) is 0.353. The Bertz CT molecular complexity index is 751. The van der Waals surface area contributed by atoms with E-state index in [0.29, 0.717) is 61.0 Å². The van der Waals surface area contributed by atoms with Crippen LogP contribution in [-0.4, -0.2) is 53.6 Å². The van der Waals surface area contributed by atoms with Crippen molar-refractivity contribution in [2.24, 2.45) is 0 Å². The van der Waals surface area contributed by atoms with Gasteiger partial charge in [-0.1, -0.05) is 29.3 Å². The summed E-state index contributed by atoms with van der Waals surface area (Å²) in [4.78, 5) is 22.7. The molecule has 1 saturated heterocycles. The van der Waals surface area contributed by atoms with Gasteiger partial charge in [-0.3, -0.25) is 4.79 Å². The van der Waals surface area contributed by atoms with E-state index in [-0.39, 0.29) is 5.91 Å². The summed E-state index contributed by atoms with van der Waals surface area (Å²) >= 11 is 12.1. The van der Waals surface area contributed by atoms with Crippen LogP contribution in [-0.2, 0) is 11.2 Å². The molecule has 1 aromatic heterocycles. The Hall–Kier alpha value is -1.89. The average Bonchev–Trinajstić information content (AvgIpc) is 2.64. The summed E-state index contributed by atoms with van der Waals surface area (Å²) in [6.07, 6.45) is 2.28. The van der Waals surface area contributed by atoms with Crippen molar-refractivity contribution in [1.29, 1.82) is 0 Å². The summed E-state index contributed by atoms with van der Waals surface area (Å²) in [5.41, 5.74) is 1.36. The minimum atomic E-state index is -0.102. The zero-order valence-electron chi connectivity index (χ0n) is 13.5. The number of hydrogen-bond acceptors (Lipinski definition) is 5. The number of nitrogens with zero attached hydrogens (tertiary/aromatic N) is 3. The van der Waals surface area contributed by atoms with Gasteiger partial charge >= 0.3 is 0 Å². The SMILES string of the molecule is O=C(c1ccnc(NCCc2ccc(Cl)cc2Cl)n1)N1CCOCC1. The third-order valence-corrected chi connectivity index (χ3v) is 4.45. The molecule has 0 saturated carbocycles. The third kappa shape index (κ3) is 4.81. The molecule has 2 aromatic rings. The first-order chi connectivity index (χ1) is 12.1. The molecule has 132 valence electrons. The van der Waals surface area contributed by atoms with Crippen LogP contribution in [0.25, 0.3) is 0 Å². The highest BCUT2D eigenvalue weighted by Crippen LogP contribution is 2.21. The minimum Gasteiger partial charge on any atom is -0.378 e. The van der Waals surface area contributed by atoms with E-state index in [1.165, 1.54) is 0 Å². The number of benzene rings is 1. The number of ether oxygens (including phenoxy) is 1. The summed E-state index contributed by atoms with van der Waals surface area (Å²) in [6, 6.07) is 7.04. The number of halogens is 2. The number of carbonyl (C=O) groups is 1. The number of anilines is 1. The third-order valence-electron chi connectivity index (χ3n) is 3.87. The largest absolute Gasteiger partial charge is 0.378 e. The van der Waals surface area contributed by atoms with Crippen molar-refractivity contribution >= 4 is 35.1 Å². The lowest BCUT2D eigenvalue weighted by molar-refractivity contribution is 0.0299. The smallest absolute Gasteiger partial charge is 0.272 e. The van der Waals surface area contributed by atoms with Crippen LogP contribution in [0.5, 0.6) is 0 Å². The Morgan fingerprint density at radius 3 is 2.80 bits per heavy atom. The second kappa shape index (κ2) is 8.47. The second-order valence-electron chi connectivity index (χ2n) is 5.58.